The lowest BCUT2D eigenvalue weighted by Gasteiger charge is -2.07. The van der Waals surface area contributed by atoms with E-state index in [1.165, 1.54) is 31.2 Å². The first-order chi connectivity index (χ1) is 9.49. The summed E-state index contributed by atoms with van der Waals surface area (Å²) in [6.07, 6.45) is 0. The van der Waals surface area contributed by atoms with E-state index < -0.39 is 11.8 Å². The van der Waals surface area contributed by atoms with Crippen LogP contribution < -0.4 is 16.0 Å². The maximum Gasteiger partial charge on any atom is 0.309 e. The monoisotopic (exact) mass is 281 g/mol. The van der Waals surface area contributed by atoms with Crippen LogP contribution in [0.25, 0.3) is 0 Å². The Labute approximate surface area is 115 Å². The average molecular weight is 281 g/mol. The molecule has 3 N–H and O–H groups in total. The Morgan fingerprint density at radius 2 is 1.50 bits per heavy atom. The molecule has 1 rings (SSSR count). The standard InChI is InChI=1S/C13H16FN3O3/c1-9(18)15-6-7-16-12(19)13(20)17-8-10-2-4-11(14)5-3-10/h2-5H,6-8H2,1H3,(H,15,18)(H,16,19)(H,17,20). The third-order valence-corrected chi connectivity index (χ3v) is 2.36. The summed E-state index contributed by atoms with van der Waals surface area (Å²) < 4.78 is 12.7. The van der Waals surface area contributed by atoms with Crippen molar-refractivity contribution in [3.05, 3.63) is 35.6 Å². The number of amides is 3. The largest absolute Gasteiger partial charge is 0.355 e. The summed E-state index contributed by atoms with van der Waals surface area (Å²) in [6.45, 7) is 1.92. The molecule has 108 valence electrons. The van der Waals surface area contributed by atoms with E-state index in [0.29, 0.717) is 5.56 Å². The highest BCUT2D eigenvalue weighted by atomic mass is 19.1. The Bertz CT molecular complexity index is 488. The Balaban J connectivity index is 2.26. The van der Waals surface area contributed by atoms with Gasteiger partial charge in [0, 0.05) is 26.6 Å². The number of carbonyl (C=O) groups is 3. The van der Waals surface area contributed by atoms with E-state index in [1.807, 2.05) is 0 Å². The highest BCUT2D eigenvalue weighted by Gasteiger charge is 2.11. The van der Waals surface area contributed by atoms with Crippen LogP contribution in [-0.4, -0.2) is 30.8 Å². The lowest BCUT2D eigenvalue weighted by Crippen LogP contribution is -2.42. The molecular formula is C13H16FN3O3. The molecule has 1 aromatic carbocycles. The van der Waals surface area contributed by atoms with Gasteiger partial charge in [0.1, 0.15) is 5.82 Å². The highest BCUT2D eigenvalue weighted by Crippen LogP contribution is 2.01. The zero-order valence-electron chi connectivity index (χ0n) is 11.0. The van der Waals surface area contributed by atoms with Crippen molar-refractivity contribution in [2.24, 2.45) is 0 Å². The molecule has 0 unspecified atom stereocenters. The van der Waals surface area contributed by atoms with Crippen LogP contribution in [-0.2, 0) is 20.9 Å². The molecule has 0 heterocycles. The quantitative estimate of drug-likeness (QED) is 0.511. The number of benzene rings is 1. The fraction of sp³-hybridized carbons (Fsp3) is 0.308. The number of hydrogen-bond donors (Lipinski definition) is 3. The second-order valence-electron chi connectivity index (χ2n) is 4.05. The predicted octanol–water partition coefficient (Wildman–Crippen LogP) is -0.306. The van der Waals surface area contributed by atoms with E-state index in [0.717, 1.165) is 0 Å². The Morgan fingerprint density at radius 1 is 0.950 bits per heavy atom. The molecule has 0 aromatic heterocycles. The summed E-state index contributed by atoms with van der Waals surface area (Å²) in [5, 5.41) is 7.25. The molecule has 0 aliphatic rings. The van der Waals surface area contributed by atoms with Gasteiger partial charge in [0.2, 0.25) is 5.91 Å². The van der Waals surface area contributed by atoms with Crippen LogP contribution >= 0.6 is 0 Å². The molecule has 20 heavy (non-hydrogen) atoms. The molecular weight excluding hydrogens is 265 g/mol. The van der Waals surface area contributed by atoms with Gasteiger partial charge >= 0.3 is 11.8 Å². The van der Waals surface area contributed by atoms with Gasteiger partial charge in [-0.1, -0.05) is 12.1 Å². The number of nitrogens with one attached hydrogen (secondary N) is 3. The molecule has 0 aliphatic carbocycles. The smallest absolute Gasteiger partial charge is 0.309 e. The van der Waals surface area contributed by atoms with E-state index in [9.17, 15) is 18.8 Å². The molecule has 0 spiro atoms. The van der Waals surface area contributed by atoms with E-state index in [1.54, 1.807) is 0 Å². The van der Waals surface area contributed by atoms with Crippen LogP contribution in [0.5, 0.6) is 0 Å². The number of hydrogen-bond acceptors (Lipinski definition) is 3. The van der Waals surface area contributed by atoms with Crippen LogP contribution in [0.2, 0.25) is 0 Å². The number of carbonyl (C=O) groups excluding carboxylic acids is 3. The van der Waals surface area contributed by atoms with Gasteiger partial charge in [-0.3, -0.25) is 14.4 Å². The topological polar surface area (TPSA) is 87.3 Å². The third kappa shape index (κ3) is 5.94. The average Bonchev–Trinajstić information content (AvgIpc) is 2.42. The molecule has 0 saturated carbocycles. The summed E-state index contributed by atoms with van der Waals surface area (Å²) in [5.41, 5.74) is 0.686. The second-order valence-corrected chi connectivity index (χ2v) is 4.05. The van der Waals surface area contributed by atoms with E-state index >= 15 is 0 Å². The minimum absolute atomic E-state index is 0.137. The number of rotatable bonds is 5. The van der Waals surface area contributed by atoms with Crippen molar-refractivity contribution in [2.75, 3.05) is 13.1 Å². The van der Waals surface area contributed by atoms with Crippen LogP contribution in [0.1, 0.15) is 12.5 Å². The molecule has 7 heteroatoms. The molecule has 0 radical (unpaired) electrons. The normalized spacial score (nSPS) is 9.70. The van der Waals surface area contributed by atoms with Crippen LogP contribution in [0.3, 0.4) is 0 Å². The van der Waals surface area contributed by atoms with Crippen molar-refractivity contribution in [1.82, 2.24) is 16.0 Å². The van der Waals surface area contributed by atoms with Gasteiger partial charge in [0.05, 0.1) is 0 Å². The molecule has 0 aliphatic heterocycles. The summed E-state index contributed by atoms with van der Waals surface area (Å²) >= 11 is 0. The van der Waals surface area contributed by atoms with Crippen LogP contribution in [0.15, 0.2) is 24.3 Å². The zero-order valence-corrected chi connectivity index (χ0v) is 11.0. The number of halogens is 1. The van der Waals surface area contributed by atoms with Crippen LogP contribution in [0, 0.1) is 5.82 Å². The Morgan fingerprint density at radius 3 is 2.10 bits per heavy atom. The van der Waals surface area contributed by atoms with E-state index in [4.69, 9.17) is 0 Å². The van der Waals surface area contributed by atoms with Gasteiger partial charge < -0.3 is 16.0 Å². The molecule has 6 nitrogen and oxygen atoms in total. The van der Waals surface area contributed by atoms with Crippen molar-refractivity contribution in [3.8, 4) is 0 Å². The van der Waals surface area contributed by atoms with Crippen molar-refractivity contribution < 1.29 is 18.8 Å². The van der Waals surface area contributed by atoms with Gasteiger partial charge in [-0.2, -0.15) is 0 Å². The van der Waals surface area contributed by atoms with E-state index in [2.05, 4.69) is 16.0 Å². The molecule has 0 bridgehead atoms. The van der Waals surface area contributed by atoms with Crippen molar-refractivity contribution in [2.45, 2.75) is 13.5 Å². The fourth-order valence-corrected chi connectivity index (χ4v) is 1.36. The van der Waals surface area contributed by atoms with Gasteiger partial charge in [-0.15, -0.1) is 0 Å². The van der Waals surface area contributed by atoms with Gasteiger partial charge in [-0.05, 0) is 17.7 Å². The van der Waals surface area contributed by atoms with Crippen molar-refractivity contribution >= 4 is 17.7 Å². The minimum Gasteiger partial charge on any atom is -0.355 e. The third-order valence-electron chi connectivity index (χ3n) is 2.36. The zero-order chi connectivity index (χ0) is 15.0. The Hall–Kier alpha value is -2.44. The lowest BCUT2D eigenvalue weighted by molar-refractivity contribution is -0.139. The summed E-state index contributed by atoms with van der Waals surface area (Å²) in [5.74, 6) is -2.13. The first-order valence-corrected chi connectivity index (χ1v) is 6.04. The summed E-state index contributed by atoms with van der Waals surface area (Å²) in [7, 11) is 0. The Kier molecular flexibility index (Phi) is 6.15. The van der Waals surface area contributed by atoms with Crippen molar-refractivity contribution in [3.63, 3.8) is 0 Å². The minimum atomic E-state index is -0.780. The molecule has 0 saturated heterocycles. The molecule has 0 fully saturated rings. The van der Waals surface area contributed by atoms with Gasteiger partial charge in [0.25, 0.3) is 0 Å². The first kappa shape index (κ1) is 15.6. The maximum atomic E-state index is 12.7. The van der Waals surface area contributed by atoms with Gasteiger partial charge in [-0.25, -0.2) is 4.39 Å². The second kappa shape index (κ2) is 7.88. The molecule has 3 amide bonds. The van der Waals surface area contributed by atoms with E-state index in [-0.39, 0.29) is 31.4 Å². The lowest BCUT2D eigenvalue weighted by atomic mass is 10.2. The van der Waals surface area contributed by atoms with Gasteiger partial charge in [0.15, 0.2) is 0 Å². The summed E-state index contributed by atoms with van der Waals surface area (Å²) in [4.78, 5) is 33.4. The molecule has 1 aromatic rings. The summed E-state index contributed by atoms with van der Waals surface area (Å²) in [6, 6.07) is 5.58. The van der Waals surface area contributed by atoms with Crippen LogP contribution in [0.4, 0.5) is 4.39 Å². The highest BCUT2D eigenvalue weighted by molar-refractivity contribution is 6.35. The van der Waals surface area contributed by atoms with Crippen molar-refractivity contribution in [1.29, 1.82) is 0 Å². The molecule has 0 atom stereocenters. The first-order valence-electron chi connectivity index (χ1n) is 6.04. The fourth-order valence-electron chi connectivity index (χ4n) is 1.36. The SMILES string of the molecule is CC(=O)NCCNC(=O)C(=O)NCc1ccc(F)cc1. The maximum absolute atomic E-state index is 12.7. The predicted molar refractivity (Wildman–Crippen MR) is 69.9 cm³/mol.